The molecule has 0 saturated heterocycles. The number of nitrogen functional groups attached to an aromatic ring is 1. The van der Waals surface area contributed by atoms with Crippen LogP contribution in [0, 0.1) is 0 Å². The standard InChI is InChI=1S/C13H13N5/c1-15-12-7-11(17-13(14)18-12)8-3-2-4-10-9(8)5-6-16-10/h2-7,16H,1H3,(H3,14,15,17,18). The average molecular weight is 239 g/mol. The van der Waals surface area contributed by atoms with Crippen LogP contribution >= 0.6 is 0 Å². The Balaban J connectivity index is 2.25. The molecule has 0 amide bonds. The van der Waals surface area contributed by atoms with E-state index in [1.54, 1.807) is 0 Å². The first-order valence-electron chi connectivity index (χ1n) is 5.67. The van der Waals surface area contributed by atoms with Crippen LogP contribution < -0.4 is 11.1 Å². The van der Waals surface area contributed by atoms with E-state index in [0.717, 1.165) is 22.2 Å². The largest absolute Gasteiger partial charge is 0.373 e. The van der Waals surface area contributed by atoms with Gasteiger partial charge in [-0.05, 0) is 12.1 Å². The summed E-state index contributed by atoms with van der Waals surface area (Å²) in [5, 5.41) is 4.10. The minimum atomic E-state index is 0.268. The molecule has 0 spiro atoms. The fourth-order valence-electron chi connectivity index (χ4n) is 2.04. The monoisotopic (exact) mass is 239 g/mol. The van der Waals surface area contributed by atoms with E-state index in [-0.39, 0.29) is 5.95 Å². The molecule has 0 aliphatic rings. The minimum Gasteiger partial charge on any atom is -0.373 e. The summed E-state index contributed by atoms with van der Waals surface area (Å²) in [5.74, 6) is 0.981. The molecule has 2 aromatic heterocycles. The molecule has 18 heavy (non-hydrogen) atoms. The van der Waals surface area contributed by atoms with Gasteiger partial charge in [-0.3, -0.25) is 0 Å². The number of anilines is 2. The Kier molecular flexibility index (Phi) is 2.37. The number of hydrogen-bond donors (Lipinski definition) is 3. The number of aromatic amines is 1. The van der Waals surface area contributed by atoms with Crippen molar-refractivity contribution in [3.05, 3.63) is 36.5 Å². The van der Waals surface area contributed by atoms with Crippen LogP contribution in [0.5, 0.6) is 0 Å². The van der Waals surface area contributed by atoms with Gasteiger partial charge in [-0.15, -0.1) is 0 Å². The zero-order chi connectivity index (χ0) is 12.5. The third-order valence-corrected chi connectivity index (χ3v) is 2.87. The fourth-order valence-corrected chi connectivity index (χ4v) is 2.04. The van der Waals surface area contributed by atoms with E-state index in [1.807, 2.05) is 43.6 Å². The second kappa shape index (κ2) is 4.03. The summed E-state index contributed by atoms with van der Waals surface area (Å²) in [5.41, 5.74) is 8.66. The lowest BCUT2D eigenvalue weighted by atomic mass is 10.1. The van der Waals surface area contributed by atoms with Crippen molar-refractivity contribution in [2.45, 2.75) is 0 Å². The van der Waals surface area contributed by atoms with E-state index in [1.165, 1.54) is 0 Å². The van der Waals surface area contributed by atoms with Crippen molar-refractivity contribution in [1.29, 1.82) is 0 Å². The van der Waals surface area contributed by atoms with E-state index >= 15 is 0 Å². The number of benzene rings is 1. The second-order valence-electron chi connectivity index (χ2n) is 3.99. The summed E-state index contributed by atoms with van der Waals surface area (Å²) in [4.78, 5) is 11.6. The van der Waals surface area contributed by atoms with Crippen LogP contribution in [-0.4, -0.2) is 22.0 Å². The molecule has 0 aliphatic carbocycles. The number of aromatic nitrogens is 3. The van der Waals surface area contributed by atoms with Crippen LogP contribution in [0.3, 0.4) is 0 Å². The SMILES string of the molecule is CNc1cc(-c2cccc3[nH]ccc23)nc(N)n1. The highest BCUT2D eigenvalue weighted by atomic mass is 15.1. The summed E-state index contributed by atoms with van der Waals surface area (Å²) in [6.07, 6.45) is 1.91. The first kappa shape index (κ1) is 10.6. The Bertz CT molecular complexity index is 701. The van der Waals surface area contributed by atoms with E-state index in [9.17, 15) is 0 Å². The van der Waals surface area contributed by atoms with Crippen molar-refractivity contribution >= 4 is 22.7 Å². The van der Waals surface area contributed by atoms with Gasteiger partial charge in [-0.2, -0.15) is 4.98 Å². The second-order valence-corrected chi connectivity index (χ2v) is 3.99. The number of nitrogens with zero attached hydrogens (tertiary/aromatic N) is 2. The zero-order valence-corrected chi connectivity index (χ0v) is 9.94. The maximum atomic E-state index is 5.72. The van der Waals surface area contributed by atoms with E-state index in [4.69, 9.17) is 5.73 Å². The van der Waals surface area contributed by atoms with Crippen LogP contribution in [0.2, 0.25) is 0 Å². The number of nitrogens with two attached hydrogens (primary N) is 1. The zero-order valence-electron chi connectivity index (χ0n) is 9.94. The molecule has 4 N–H and O–H groups in total. The summed E-state index contributed by atoms with van der Waals surface area (Å²) in [6, 6.07) is 9.96. The molecule has 5 heteroatoms. The topological polar surface area (TPSA) is 79.6 Å². The predicted molar refractivity (Wildman–Crippen MR) is 73.3 cm³/mol. The van der Waals surface area contributed by atoms with Crippen molar-refractivity contribution < 1.29 is 0 Å². The molecule has 90 valence electrons. The first-order valence-corrected chi connectivity index (χ1v) is 5.67. The van der Waals surface area contributed by atoms with E-state index in [2.05, 4.69) is 20.3 Å². The molecule has 0 fully saturated rings. The number of nitrogens with one attached hydrogen (secondary N) is 2. The molecule has 0 atom stereocenters. The quantitative estimate of drug-likeness (QED) is 0.640. The average Bonchev–Trinajstić information content (AvgIpc) is 2.85. The predicted octanol–water partition coefficient (Wildman–Crippen LogP) is 2.25. The van der Waals surface area contributed by atoms with Gasteiger partial charge < -0.3 is 16.0 Å². The minimum absolute atomic E-state index is 0.268. The van der Waals surface area contributed by atoms with Crippen LogP contribution in [0.1, 0.15) is 0 Å². The summed E-state index contributed by atoms with van der Waals surface area (Å²) >= 11 is 0. The van der Waals surface area contributed by atoms with Crippen molar-refractivity contribution in [2.75, 3.05) is 18.1 Å². The molecule has 0 unspecified atom stereocenters. The van der Waals surface area contributed by atoms with E-state index < -0.39 is 0 Å². The van der Waals surface area contributed by atoms with Gasteiger partial charge in [-0.1, -0.05) is 12.1 Å². The van der Waals surface area contributed by atoms with Gasteiger partial charge in [0.1, 0.15) is 5.82 Å². The maximum Gasteiger partial charge on any atom is 0.222 e. The highest BCUT2D eigenvalue weighted by Gasteiger charge is 2.08. The van der Waals surface area contributed by atoms with Crippen molar-refractivity contribution in [1.82, 2.24) is 15.0 Å². The van der Waals surface area contributed by atoms with Crippen LogP contribution in [0.25, 0.3) is 22.2 Å². The number of H-pyrrole nitrogens is 1. The third kappa shape index (κ3) is 1.66. The molecule has 0 bridgehead atoms. The molecule has 0 aliphatic heterocycles. The van der Waals surface area contributed by atoms with E-state index in [0.29, 0.717) is 5.82 Å². The molecule has 2 heterocycles. The summed E-state index contributed by atoms with van der Waals surface area (Å²) in [6.45, 7) is 0. The Morgan fingerprint density at radius 2 is 2.11 bits per heavy atom. The van der Waals surface area contributed by atoms with Crippen LogP contribution in [-0.2, 0) is 0 Å². The maximum absolute atomic E-state index is 5.72. The molecule has 3 aromatic rings. The van der Waals surface area contributed by atoms with Crippen molar-refractivity contribution in [3.63, 3.8) is 0 Å². The Labute approximate surface area is 104 Å². The molecular formula is C13H13N5. The lowest BCUT2D eigenvalue weighted by molar-refractivity contribution is 1.18. The van der Waals surface area contributed by atoms with Gasteiger partial charge in [0.05, 0.1) is 5.69 Å². The fraction of sp³-hybridized carbons (Fsp3) is 0.0769. The summed E-state index contributed by atoms with van der Waals surface area (Å²) < 4.78 is 0. The van der Waals surface area contributed by atoms with Crippen LogP contribution in [0.4, 0.5) is 11.8 Å². The normalized spacial score (nSPS) is 10.7. The Hall–Kier alpha value is -2.56. The highest BCUT2D eigenvalue weighted by Crippen LogP contribution is 2.28. The molecular weight excluding hydrogens is 226 g/mol. The number of fused-ring (bicyclic) bond motifs is 1. The molecule has 3 rings (SSSR count). The molecule has 1 aromatic carbocycles. The lowest BCUT2D eigenvalue weighted by Gasteiger charge is -2.06. The van der Waals surface area contributed by atoms with Crippen LogP contribution in [0.15, 0.2) is 36.5 Å². The lowest BCUT2D eigenvalue weighted by Crippen LogP contribution is -2.01. The first-order chi connectivity index (χ1) is 8.78. The Morgan fingerprint density at radius 1 is 1.22 bits per heavy atom. The summed E-state index contributed by atoms with van der Waals surface area (Å²) in [7, 11) is 1.81. The van der Waals surface area contributed by atoms with Gasteiger partial charge in [0.25, 0.3) is 0 Å². The van der Waals surface area contributed by atoms with Gasteiger partial charge in [-0.25, -0.2) is 4.98 Å². The molecule has 0 saturated carbocycles. The van der Waals surface area contributed by atoms with Gasteiger partial charge >= 0.3 is 0 Å². The number of hydrogen-bond acceptors (Lipinski definition) is 4. The Morgan fingerprint density at radius 3 is 2.94 bits per heavy atom. The van der Waals surface area contributed by atoms with Gasteiger partial charge in [0.2, 0.25) is 5.95 Å². The molecule has 5 nitrogen and oxygen atoms in total. The van der Waals surface area contributed by atoms with Gasteiger partial charge in [0, 0.05) is 35.8 Å². The van der Waals surface area contributed by atoms with Crippen molar-refractivity contribution in [2.24, 2.45) is 0 Å². The highest BCUT2D eigenvalue weighted by molar-refractivity contribution is 5.94. The van der Waals surface area contributed by atoms with Crippen molar-refractivity contribution in [3.8, 4) is 11.3 Å². The third-order valence-electron chi connectivity index (χ3n) is 2.87. The molecule has 0 radical (unpaired) electrons. The smallest absolute Gasteiger partial charge is 0.222 e. The number of rotatable bonds is 2. The van der Waals surface area contributed by atoms with Gasteiger partial charge in [0.15, 0.2) is 0 Å².